The van der Waals surface area contributed by atoms with Crippen molar-refractivity contribution in [2.75, 3.05) is 0 Å². The van der Waals surface area contributed by atoms with E-state index in [2.05, 4.69) is 20.4 Å². The van der Waals surface area contributed by atoms with Crippen LogP contribution < -0.4 is 5.32 Å². The Kier molecular flexibility index (Phi) is 6.76. The van der Waals surface area contributed by atoms with E-state index >= 15 is 0 Å². The minimum Gasteiger partial charge on any atom is -0.463 e. The van der Waals surface area contributed by atoms with Gasteiger partial charge in [-0.3, -0.25) is 19.7 Å². The largest absolute Gasteiger partial charge is 0.463 e. The lowest BCUT2D eigenvalue weighted by atomic mass is 10.0. The number of benzene rings is 1. The van der Waals surface area contributed by atoms with E-state index < -0.39 is 22.8 Å². The zero-order chi connectivity index (χ0) is 23.4. The summed E-state index contributed by atoms with van der Waals surface area (Å²) in [6, 6.07) is 6.85. The number of rotatable bonds is 8. The summed E-state index contributed by atoms with van der Waals surface area (Å²) in [7, 11) is 0. The lowest BCUT2D eigenvalue weighted by Gasteiger charge is -2.19. The number of ether oxygens (including phenoxy) is 1. The van der Waals surface area contributed by atoms with Gasteiger partial charge in [-0.15, -0.1) is 5.10 Å². The highest BCUT2D eigenvalue weighted by atomic mass is 16.6. The predicted octanol–water partition coefficient (Wildman–Crippen LogP) is 2.39. The number of nitrogens with zero attached hydrogens (tertiary/aromatic N) is 5. The molecule has 0 aliphatic heterocycles. The average Bonchev–Trinajstić information content (AvgIpc) is 3.09. The molecule has 11 nitrogen and oxygen atoms in total. The molecule has 1 N–H and O–H groups in total. The van der Waals surface area contributed by atoms with Crippen LogP contribution in [-0.4, -0.2) is 42.5 Å². The second kappa shape index (κ2) is 9.50. The minimum atomic E-state index is -0.950. The molecule has 1 aromatic carbocycles. The molecule has 1 unspecified atom stereocenters. The highest BCUT2D eigenvalue weighted by Gasteiger charge is 2.27. The Morgan fingerprint density at radius 3 is 2.62 bits per heavy atom. The van der Waals surface area contributed by atoms with E-state index in [1.165, 1.54) is 22.7 Å². The van der Waals surface area contributed by atoms with Crippen LogP contribution in [0.4, 0.5) is 5.69 Å². The fraction of sp³-hybridized carbons (Fsp3) is 0.381. The van der Waals surface area contributed by atoms with Gasteiger partial charge in [0.2, 0.25) is 5.91 Å². The monoisotopic (exact) mass is 440 g/mol. The third-order valence-electron chi connectivity index (χ3n) is 4.56. The van der Waals surface area contributed by atoms with Crippen LogP contribution in [0.5, 0.6) is 0 Å². The Balaban J connectivity index is 1.84. The molecular weight excluding hydrogens is 416 g/mol. The summed E-state index contributed by atoms with van der Waals surface area (Å²) in [5, 5.41) is 18.5. The van der Waals surface area contributed by atoms with Gasteiger partial charge in [0.15, 0.2) is 5.82 Å². The molecule has 2 aromatic heterocycles. The summed E-state index contributed by atoms with van der Waals surface area (Å²) < 4.78 is 6.71. The van der Waals surface area contributed by atoms with Crippen LogP contribution >= 0.6 is 0 Å². The van der Waals surface area contributed by atoms with Gasteiger partial charge < -0.3 is 10.1 Å². The molecule has 11 heteroatoms. The summed E-state index contributed by atoms with van der Waals surface area (Å²) in [6.45, 7) is 7.08. The van der Waals surface area contributed by atoms with Crippen molar-refractivity contribution < 1.29 is 19.2 Å². The first-order valence-electron chi connectivity index (χ1n) is 10.1. The molecule has 0 radical (unpaired) electrons. The number of carbonyl (C=O) groups excluding carboxylic acids is 2. The van der Waals surface area contributed by atoms with E-state index in [9.17, 15) is 19.7 Å². The van der Waals surface area contributed by atoms with E-state index in [-0.39, 0.29) is 36.0 Å². The van der Waals surface area contributed by atoms with Gasteiger partial charge in [0.25, 0.3) is 11.5 Å². The predicted molar refractivity (Wildman–Crippen MR) is 114 cm³/mol. The maximum Gasteiger partial charge on any atom is 0.308 e. The Hall–Kier alpha value is -3.89. The average molecular weight is 440 g/mol. The van der Waals surface area contributed by atoms with E-state index in [4.69, 9.17) is 4.74 Å². The minimum absolute atomic E-state index is 0.182. The van der Waals surface area contributed by atoms with Crippen molar-refractivity contribution in [2.24, 2.45) is 0 Å². The fourth-order valence-electron chi connectivity index (χ4n) is 3.34. The van der Waals surface area contributed by atoms with Gasteiger partial charge in [0, 0.05) is 17.5 Å². The van der Waals surface area contributed by atoms with Gasteiger partial charge in [-0.05, 0) is 33.8 Å². The molecule has 168 valence electrons. The highest BCUT2D eigenvalue weighted by Crippen LogP contribution is 2.27. The van der Waals surface area contributed by atoms with Gasteiger partial charge in [-0.2, -0.15) is 4.98 Å². The highest BCUT2D eigenvalue weighted by molar-refractivity contribution is 5.80. The molecular formula is C21H24N6O5. The third kappa shape index (κ3) is 5.42. The lowest BCUT2D eigenvalue weighted by Crippen LogP contribution is -2.32. The van der Waals surface area contributed by atoms with Crippen LogP contribution in [-0.2, 0) is 20.7 Å². The first-order chi connectivity index (χ1) is 15.1. The number of carbonyl (C=O) groups is 2. The second-order valence-corrected chi connectivity index (χ2v) is 7.63. The van der Waals surface area contributed by atoms with Crippen molar-refractivity contribution in [3.8, 4) is 0 Å². The van der Waals surface area contributed by atoms with Crippen molar-refractivity contribution in [1.29, 1.82) is 0 Å². The molecule has 0 saturated heterocycles. The summed E-state index contributed by atoms with van der Waals surface area (Å²) in [5.74, 6) is -0.448. The molecule has 0 aliphatic carbocycles. The number of hydrogen-bond donors (Lipinski definition) is 1. The van der Waals surface area contributed by atoms with Crippen LogP contribution in [0.15, 0.2) is 30.3 Å². The maximum absolute atomic E-state index is 12.8. The van der Waals surface area contributed by atoms with Gasteiger partial charge in [0.05, 0.1) is 35.5 Å². The first-order valence-corrected chi connectivity index (χ1v) is 10.1. The number of para-hydroxylation sites is 1. The van der Waals surface area contributed by atoms with Crippen molar-refractivity contribution in [3.05, 3.63) is 63.2 Å². The van der Waals surface area contributed by atoms with E-state index in [1.54, 1.807) is 19.9 Å². The van der Waals surface area contributed by atoms with Crippen LogP contribution in [0.2, 0.25) is 0 Å². The third-order valence-corrected chi connectivity index (χ3v) is 4.56. The van der Waals surface area contributed by atoms with Gasteiger partial charge in [-0.1, -0.05) is 18.2 Å². The molecule has 2 heterocycles. The zero-order valence-corrected chi connectivity index (χ0v) is 18.2. The molecule has 0 spiro atoms. The van der Waals surface area contributed by atoms with Crippen LogP contribution in [0.3, 0.4) is 0 Å². The van der Waals surface area contributed by atoms with Crippen LogP contribution in [0.1, 0.15) is 49.1 Å². The Morgan fingerprint density at radius 2 is 1.94 bits per heavy atom. The second-order valence-electron chi connectivity index (χ2n) is 7.63. The molecule has 32 heavy (non-hydrogen) atoms. The Morgan fingerprint density at radius 1 is 1.22 bits per heavy atom. The normalized spacial score (nSPS) is 12.0. The Labute approximate surface area is 184 Å². The van der Waals surface area contributed by atoms with Crippen LogP contribution in [0.25, 0.3) is 5.78 Å². The number of nitrogens with one attached hydrogen (secondary N) is 1. The number of nitro benzene ring substituents is 1. The van der Waals surface area contributed by atoms with Crippen molar-refractivity contribution in [2.45, 2.75) is 52.7 Å². The quantitative estimate of drug-likeness (QED) is 0.320. The molecule has 0 fully saturated rings. The van der Waals surface area contributed by atoms with Crippen molar-refractivity contribution >= 4 is 23.3 Å². The van der Waals surface area contributed by atoms with Gasteiger partial charge in [-0.25, -0.2) is 9.50 Å². The number of amides is 1. The summed E-state index contributed by atoms with van der Waals surface area (Å²) >= 11 is 0. The number of aryl methyl sites for hydroxylation is 2. The van der Waals surface area contributed by atoms with Gasteiger partial charge in [0.1, 0.15) is 0 Å². The summed E-state index contributed by atoms with van der Waals surface area (Å²) in [6.07, 6.45) is -0.795. The standard InChI is InChI=1S/C21H24N6O5/c1-12(2)32-20(29)10-16(15-7-5-6-8-17(15)27(30)31)23-19(28)11-18-24-21-22-13(3)9-14(4)26(21)25-18/h5-9,12,16H,10-11H2,1-4H3,(H,23,28). The van der Waals surface area contributed by atoms with E-state index in [0.29, 0.717) is 5.78 Å². The molecule has 0 bridgehead atoms. The summed E-state index contributed by atoms with van der Waals surface area (Å²) in [5.41, 5.74) is 1.61. The smallest absolute Gasteiger partial charge is 0.308 e. The number of hydrogen-bond acceptors (Lipinski definition) is 8. The first kappa shape index (κ1) is 22.8. The number of esters is 1. The van der Waals surface area contributed by atoms with Gasteiger partial charge >= 0.3 is 5.97 Å². The molecule has 3 rings (SSSR count). The number of nitro groups is 1. The van der Waals surface area contributed by atoms with E-state index in [0.717, 1.165) is 11.4 Å². The van der Waals surface area contributed by atoms with E-state index in [1.807, 2.05) is 19.9 Å². The lowest BCUT2D eigenvalue weighted by molar-refractivity contribution is -0.385. The SMILES string of the molecule is Cc1cc(C)n2nc(CC(=O)NC(CC(=O)OC(C)C)c3ccccc3[N+](=O)[O-])nc2n1. The topological polar surface area (TPSA) is 142 Å². The molecule has 1 atom stereocenters. The Bertz CT molecular complexity index is 1170. The number of fused-ring (bicyclic) bond motifs is 1. The number of aromatic nitrogens is 4. The van der Waals surface area contributed by atoms with Crippen LogP contribution in [0, 0.1) is 24.0 Å². The molecule has 0 saturated carbocycles. The van der Waals surface area contributed by atoms with Crippen molar-refractivity contribution in [1.82, 2.24) is 24.9 Å². The molecule has 1 amide bonds. The molecule has 0 aliphatic rings. The zero-order valence-electron chi connectivity index (χ0n) is 18.2. The van der Waals surface area contributed by atoms with Crippen molar-refractivity contribution in [3.63, 3.8) is 0 Å². The maximum atomic E-state index is 12.8. The summed E-state index contributed by atoms with van der Waals surface area (Å²) in [4.78, 5) is 44.5. The fourth-order valence-corrected chi connectivity index (χ4v) is 3.34. The molecule has 3 aromatic rings.